The molecule has 7 nitrogen and oxygen atoms in total. The number of aliphatic hydroxyl groups excluding tert-OH is 1. The molecule has 8 heteroatoms. The number of carbonyl (C=O) groups is 2. The number of rotatable bonds is 7. The van der Waals surface area contributed by atoms with Gasteiger partial charge < -0.3 is 19.5 Å². The van der Waals surface area contributed by atoms with E-state index in [1.807, 2.05) is 38.1 Å². The summed E-state index contributed by atoms with van der Waals surface area (Å²) in [6.45, 7) is 2.39. The first kappa shape index (κ1) is 25.1. The maximum atomic E-state index is 13.4. The van der Waals surface area contributed by atoms with Gasteiger partial charge in [0.1, 0.15) is 17.3 Å². The van der Waals surface area contributed by atoms with Crippen molar-refractivity contribution >= 4 is 40.4 Å². The number of methoxy groups -OCH3 is 1. The maximum absolute atomic E-state index is 13.4. The first-order chi connectivity index (χ1) is 17.3. The molecule has 1 N–H and O–H groups in total. The van der Waals surface area contributed by atoms with Crippen LogP contribution in [0.2, 0.25) is 5.02 Å². The number of benzene rings is 3. The second-order valence-corrected chi connectivity index (χ2v) is 8.86. The lowest BCUT2D eigenvalue weighted by molar-refractivity contribution is -0.132. The summed E-state index contributed by atoms with van der Waals surface area (Å²) in [6.07, 6.45) is 0. The summed E-state index contributed by atoms with van der Waals surface area (Å²) in [5, 5.41) is 11.8. The fourth-order valence-corrected chi connectivity index (χ4v) is 4.42. The van der Waals surface area contributed by atoms with Crippen LogP contribution in [0.3, 0.4) is 0 Å². The molecule has 1 fully saturated rings. The monoisotopic (exact) mass is 506 g/mol. The molecule has 1 atom stereocenters. The van der Waals surface area contributed by atoms with Crippen LogP contribution in [0.5, 0.6) is 11.5 Å². The molecule has 1 heterocycles. The van der Waals surface area contributed by atoms with Crippen molar-refractivity contribution in [1.82, 2.24) is 0 Å². The number of ether oxygens (including phenoxy) is 2. The third-order valence-electron chi connectivity index (χ3n) is 6.01. The van der Waals surface area contributed by atoms with E-state index in [0.717, 1.165) is 5.69 Å². The highest BCUT2D eigenvalue weighted by Gasteiger charge is 2.47. The number of anilines is 2. The predicted octanol–water partition coefficient (Wildman–Crippen LogP) is 5.44. The van der Waals surface area contributed by atoms with E-state index < -0.39 is 17.7 Å². The van der Waals surface area contributed by atoms with Crippen molar-refractivity contribution in [2.24, 2.45) is 0 Å². The summed E-state index contributed by atoms with van der Waals surface area (Å²) in [4.78, 5) is 30.1. The van der Waals surface area contributed by atoms with Gasteiger partial charge in [0.15, 0.2) is 0 Å². The lowest BCUT2D eigenvalue weighted by Crippen LogP contribution is -2.29. The molecule has 0 radical (unpaired) electrons. The topological polar surface area (TPSA) is 79.3 Å². The Bertz CT molecular complexity index is 1320. The summed E-state index contributed by atoms with van der Waals surface area (Å²) in [7, 11) is 5.29. The fourth-order valence-electron chi connectivity index (χ4n) is 4.25. The van der Waals surface area contributed by atoms with E-state index in [4.69, 9.17) is 21.1 Å². The van der Waals surface area contributed by atoms with Crippen LogP contribution in [-0.2, 0) is 9.59 Å². The zero-order chi connectivity index (χ0) is 26.0. The quantitative estimate of drug-likeness (QED) is 0.261. The summed E-state index contributed by atoms with van der Waals surface area (Å²) in [5.41, 5.74) is 2.27. The summed E-state index contributed by atoms with van der Waals surface area (Å²) in [5.74, 6) is -0.924. The number of amides is 1. The summed E-state index contributed by atoms with van der Waals surface area (Å²) in [6, 6.07) is 18.2. The predicted molar refractivity (Wildman–Crippen MR) is 141 cm³/mol. The Kier molecular flexibility index (Phi) is 7.22. The molecule has 3 aromatic rings. The second kappa shape index (κ2) is 10.3. The van der Waals surface area contributed by atoms with Gasteiger partial charge in [0, 0.05) is 30.5 Å². The molecular weight excluding hydrogens is 480 g/mol. The minimum absolute atomic E-state index is 0.0542. The SMILES string of the molecule is CCOc1ccc(C2/C(=C(\O)c3cc(Cl)ccc3OC)C(=O)C(=O)N2c2ccc(N(C)C)cc2)cc1. The van der Waals surface area contributed by atoms with E-state index >= 15 is 0 Å². The Labute approximate surface area is 215 Å². The fraction of sp³-hybridized carbons (Fsp3) is 0.214. The van der Waals surface area contributed by atoms with Gasteiger partial charge in [-0.1, -0.05) is 23.7 Å². The number of Topliss-reactive ketones (excluding diaryl/α,β-unsaturated/α-hetero) is 1. The molecule has 0 saturated carbocycles. The molecule has 0 spiro atoms. The number of ketones is 1. The van der Waals surface area contributed by atoms with Crippen LogP contribution in [0.1, 0.15) is 24.1 Å². The molecular formula is C28H27ClN2O5. The third-order valence-corrected chi connectivity index (χ3v) is 6.25. The summed E-state index contributed by atoms with van der Waals surface area (Å²) >= 11 is 6.19. The molecule has 3 aromatic carbocycles. The lowest BCUT2D eigenvalue weighted by atomic mass is 9.94. The molecule has 0 bridgehead atoms. The van der Waals surface area contributed by atoms with Crippen molar-refractivity contribution in [2.75, 3.05) is 37.6 Å². The van der Waals surface area contributed by atoms with Gasteiger partial charge in [-0.15, -0.1) is 0 Å². The Morgan fingerprint density at radius 2 is 1.69 bits per heavy atom. The maximum Gasteiger partial charge on any atom is 0.300 e. The summed E-state index contributed by atoms with van der Waals surface area (Å²) < 4.78 is 10.9. The molecule has 1 amide bonds. The Balaban J connectivity index is 1.92. The van der Waals surface area contributed by atoms with Crippen molar-refractivity contribution in [3.63, 3.8) is 0 Å². The molecule has 0 aromatic heterocycles. The first-order valence-electron chi connectivity index (χ1n) is 11.4. The number of nitrogens with zero attached hydrogens (tertiary/aromatic N) is 2. The van der Waals surface area contributed by atoms with E-state index in [1.165, 1.54) is 18.1 Å². The molecule has 36 heavy (non-hydrogen) atoms. The number of halogens is 1. The average Bonchev–Trinajstić information content (AvgIpc) is 3.14. The van der Waals surface area contributed by atoms with E-state index in [1.54, 1.807) is 48.5 Å². The minimum Gasteiger partial charge on any atom is -0.507 e. The van der Waals surface area contributed by atoms with Crippen LogP contribution in [0, 0.1) is 0 Å². The normalized spacial score (nSPS) is 16.8. The average molecular weight is 507 g/mol. The van der Waals surface area contributed by atoms with Crippen molar-refractivity contribution in [1.29, 1.82) is 0 Å². The van der Waals surface area contributed by atoms with Crippen LogP contribution >= 0.6 is 11.6 Å². The van der Waals surface area contributed by atoms with Crippen molar-refractivity contribution in [3.8, 4) is 11.5 Å². The van der Waals surface area contributed by atoms with Gasteiger partial charge in [0.05, 0.1) is 30.9 Å². The van der Waals surface area contributed by atoms with E-state index in [-0.39, 0.29) is 16.9 Å². The van der Waals surface area contributed by atoms with Crippen molar-refractivity contribution < 1.29 is 24.2 Å². The zero-order valence-electron chi connectivity index (χ0n) is 20.5. The highest BCUT2D eigenvalue weighted by atomic mass is 35.5. The van der Waals surface area contributed by atoms with E-state index in [2.05, 4.69) is 0 Å². The highest BCUT2D eigenvalue weighted by molar-refractivity contribution is 6.51. The molecule has 4 rings (SSSR count). The Morgan fingerprint density at radius 1 is 1.03 bits per heavy atom. The number of carbonyl (C=O) groups excluding carboxylic acids is 2. The van der Waals surface area contributed by atoms with Gasteiger partial charge in [-0.25, -0.2) is 0 Å². The smallest absolute Gasteiger partial charge is 0.300 e. The van der Waals surface area contributed by atoms with Crippen LogP contribution < -0.4 is 19.3 Å². The third kappa shape index (κ3) is 4.62. The standard InChI is InChI=1S/C28H27ClN2O5/c1-5-36-21-13-6-17(7-14-21)25-24(26(32)22-16-18(29)8-15-23(22)35-4)27(33)28(34)31(25)20-11-9-19(10-12-20)30(2)3/h6-16,25,32H,5H2,1-4H3/b26-24+. The number of aliphatic hydroxyl groups is 1. The number of hydrogen-bond donors (Lipinski definition) is 1. The molecule has 1 aliphatic rings. The Hall–Kier alpha value is -3.97. The Morgan fingerprint density at radius 3 is 2.28 bits per heavy atom. The van der Waals surface area contributed by atoms with Crippen molar-refractivity contribution in [3.05, 3.63) is 88.5 Å². The zero-order valence-corrected chi connectivity index (χ0v) is 21.2. The van der Waals surface area contributed by atoms with Gasteiger partial charge in [-0.05, 0) is 67.1 Å². The van der Waals surface area contributed by atoms with Gasteiger partial charge in [0.25, 0.3) is 11.7 Å². The van der Waals surface area contributed by atoms with Crippen molar-refractivity contribution in [2.45, 2.75) is 13.0 Å². The lowest BCUT2D eigenvalue weighted by Gasteiger charge is -2.26. The first-order valence-corrected chi connectivity index (χ1v) is 11.8. The molecule has 1 saturated heterocycles. The highest BCUT2D eigenvalue weighted by Crippen LogP contribution is 2.44. The van der Waals surface area contributed by atoms with Gasteiger partial charge in [0.2, 0.25) is 0 Å². The van der Waals surface area contributed by atoms with Crippen LogP contribution in [0.4, 0.5) is 11.4 Å². The molecule has 1 aliphatic heterocycles. The van der Waals surface area contributed by atoms with Gasteiger partial charge in [-0.3, -0.25) is 14.5 Å². The molecule has 1 unspecified atom stereocenters. The molecule has 186 valence electrons. The molecule has 0 aliphatic carbocycles. The minimum atomic E-state index is -0.880. The van der Waals surface area contributed by atoms with Crippen LogP contribution in [0.15, 0.2) is 72.3 Å². The second-order valence-electron chi connectivity index (χ2n) is 8.43. The van der Waals surface area contributed by atoms with Crippen LogP contribution in [0.25, 0.3) is 5.76 Å². The van der Waals surface area contributed by atoms with E-state index in [0.29, 0.717) is 34.4 Å². The van der Waals surface area contributed by atoms with E-state index in [9.17, 15) is 14.7 Å². The number of hydrogen-bond acceptors (Lipinski definition) is 6. The van der Waals surface area contributed by atoms with Crippen LogP contribution in [-0.4, -0.2) is 44.6 Å². The van der Waals surface area contributed by atoms with Gasteiger partial charge in [-0.2, -0.15) is 0 Å². The largest absolute Gasteiger partial charge is 0.507 e. The van der Waals surface area contributed by atoms with Gasteiger partial charge >= 0.3 is 0 Å².